The Balaban J connectivity index is 1.52. The Hall–Kier alpha value is -2.78. The molecule has 2 aliphatic rings. The first-order valence-corrected chi connectivity index (χ1v) is 8.58. The van der Waals surface area contributed by atoms with E-state index in [-0.39, 0.29) is 23.6 Å². The van der Waals surface area contributed by atoms with E-state index in [2.05, 4.69) is 20.5 Å². The fourth-order valence-corrected chi connectivity index (χ4v) is 3.52. The summed E-state index contributed by atoms with van der Waals surface area (Å²) in [6, 6.07) is 0.971. The van der Waals surface area contributed by atoms with Crippen molar-refractivity contribution in [1.29, 1.82) is 0 Å². The zero-order chi connectivity index (χ0) is 18.6. The molecule has 2 amide bonds. The van der Waals surface area contributed by atoms with Crippen LogP contribution in [0.2, 0.25) is 0 Å². The molecule has 4 rings (SSSR count). The normalized spacial score (nSPS) is 25.0. The third-order valence-corrected chi connectivity index (χ3v) is 4.89. The van der Waals surface area contributed by atoms with Crippen LogP contribution in [-0.2, 0) is 11.3 Å². The second-order valence-corrected chi connectivity index (χ2v) is 6.87. The van der Waals surface area contributed by atoms with Crippen LogP contribution in [0.15, 0.2) is 6.07 Å². The number of hydrogen-bond donors (Lipinski definition) is 1. The molecule has 2 aromatic rings. The zero-order valence-electron chi connectivity index (χ0n) is 14.8. The van der Waals surface area contributed by atoms with E-state index in [1.54, 1.807) is 11.7 Å². The van der Waals surface area contributed by atoms with Gasteiger partial charge in [-0.3, -0.25) is 14.5 Å². The molecule has 2 aromatic heterocycles. The maximum absolute atomic E-state index is 13.9. The van der Waals surface area contributed by atoms with Crippen LogP contribution in [-0.4, -0.2) is 49.4 Å². The minimum Gasteiger partial charge on any atom is -0.337 e. The Labute approximate surface area is 149 Å². The second-order valence-electron chi connectivity index (χ2n) is 6.87. The third-order valence-electron chi connectivity index (χ3n) is 4.89. The largest absolute Gasteiger partial charge is 0.337 e. The molecule has 0 saturated heterocycles. The monoisotopic (exact) mass is 361 g/mol. The summed E-state index contributed by atoms with van der Waals surface area (Å²) in [6.07, 6.45) is -0.503. The summed E-state index contributed by atoms with van der Waals surface area (Å²) in [5, 5.41) is 11.1. The van der Waals surface area contributed by atoms with Gasteiger partial charge in [-0.15, -0.1) is 5.10 Å². The van der Waals surface area contributed by atoms with Gasteiger partial charge < -0.3 is 5.32 Å². The minimum absolute atomic E-state index is 0.109. The van der Waals surface area contributed by atoms with Gasteiger partial charge >= 0.3 is 0 Å². The number of carbonyl (C=O) groups is 2. The molecule has 0 aromatic carbocycles. The van der Waals surface area contributed by atoms with Gasteiger partial charge in [-0.2, -0.15) is 5.10 Å². The molecule has 4 heterocycles. The quantitative estimate of drug-likeness (QED) is 0.858. The molecule has 138 valence electrons. The Morgan fingerprint density at radius 1 is 1.38 bits per heavy atom. The highest BCUT2D eigenvalue weighted by molar-refractivity contribution is 6.00. The van der Waals surface area contributed by atoms with Crippen molar-refractivity contribution < 1.29 is 14.0 Å². The number of fused-ring (bicyclic) bond motifs is 2. The lowest BCUT2D eigenvalue weighted by Gasteiger charge is -2.19. The van der Waals surface area contributed by atoms with Crippen molar-refractivity contribution in [3.63, 3.8) is 0 Å². The summed E-state index contributed by atoms with van der Waals surface area (Å²) in [6.45, 7) is 4.19. The van der Waals surface area contributed by atoms with Gasteiger partial charge in [-0.25, -0.2) is 18.7 Å². The number of aromatic nitrogens is 5. The SMILES string of the molecule is Cc1cc2n(n1)CC[C@H](NC(=O)c1nc3n(n1)[C@@H](C)C[C@@H]3F)C(=O)N2C. The summed E-state index contributed by atoms with van der Waals surface area (Å²) in [4.78, 5) is 30.7. The number of anilines is 1. The van der Waals surface area contributed by atoms with Gasteiger partial charge in [0.2, 0.25) is 5.82 Å². The van der Waals surface area contributed by atoms with Crippen LogP contribution < -0.4 is 10.2 Å². The van der Waals surface area contributed by atoms with Gasteiger partial charge in [0, 0.05) is 26.1 Å². The van der Waals surface area contributed by atoms with Crippen molar-refractivity contribution in [1.82, 2.24) is 29.9 Å². The number of hydrogen-bond acceptors (Lipinski definition) is 5. The average molecular weight is 361 g/mol. The van der Waals surface area contributed by atoms with Crippen molar-refractivity contribution in [3.05, 3.63) is 23.4 Å². The van der Waals surface area contributed by atoms with Crippen LogP contribution in [0.5, 0.6) is 0 Å². The Bertz CT molecular complexity index is 864. The van der Waals surface area contributed by atoms with Gasteiger partial charge in [0.25, 0.3) is 11.8 Å². The van der Waals surface area contributed by atoms with Gasteiger partial charge in [-0.05, 0) is 20.3 Å². The maximum atomic E-state index is 13.9. The molecule has 1 N–H and O–H groups in total. The fraction of sp³-hybridized carbons (Fsp3) is 0.562. The number of nitrogens with zero attached hydrogens (tertiary/aromatic N) is 6. The highest BCUT2D eigenvalue weighted by Gasteiger charge is 2.35. The Morgan fingerprint density at radius 2 is 2.15 bits per heavy atom. The van der Waals surface area contributed by atoms with Crippen LogP contribution in [0.4, 0.5) is 10.2 Å². The number of alkyl halides is 1. The lowest BCUT2D eigenvalue weighted by atomic mass is 10.2. The van der Waals surface area contributed by atoms with E-state index in [1.165, 1.54) is 9.58 Å². The number of halogens is 1. The number of nitrogens with one attached hydrogen (secondary N) is 1. The van der Waals surface area contributed by atoms with Crippen molar-refractivity contribution in [2.24, 2.45) is 0 Å². The number of amides is 2. The first kappa shape index (κ1) is 16.7. The second kappa shape index (κ2) is 5.89. The van der Waals surface area contributed by atoms with E-state index in [0.29, 0.717) is 25.2 Å². The van der Waals surface area contributed by atoms with E-state index in [0.717, 1.165) is 5.69 Å². The zero-order valence-corrected chi connectivity index (χ0v) is 14.8. The molecule has 0 saturated carbocycles. The van der Waals surface area contributed by atoms with Crippen LogP contribution in [0.3, 0.4) is 0 Å². The molecule has 0 fully saturated rings. The molecule has 3 atom stereocenters. The average Bonchev–Trinajstić information content (AvgIpc) is 3.24. The topological polar surface area (TPSA) is 97.9 Å². The van der Waals surface area contributed by atoms with Gasteiger partial charge in [-0.1, -0.05) is 0 Å². The van der Waals surface area contributed by atoms with E-state index < -0.39 is 18.1 Å². The number of likely N-dealkylation sites (N-methyl/N-ethyl adjacent to an activating group) is 1. The lowest BCUT2D eigenvalue weighted by molar-refractivity contribution is -0.120. The highest BCUT2D eigenvalue weighted by atomic mass is 19.1. The Kier molecular flexibility index (Phi) is 3.78. The van der Waals surface area contributed by atoms with E-state index in [4.69, 9.17) is 0 Å². The van der Waals surface area contributed by atoms with E-state index >= 15 is 0 Å². The number of aryl methyl sites for hydroxylation is 2. The number of rotatable bonds is 2. The molecular formula is C16H20FN7O2. The molecule has 10 heteroatoms. The number of carbonyl (C=O) groups excluding carboxylic acids is 2. The molecule has 26 heavy (non-hydrogen) atoms. The van der Waals surface area contributed by atoms with Crippen molar-refractivity contribution in [3.8, 4) is 0 Å². The molecule has 0 spiro atoms. The standard InChI is InChI=1S/C16H20FN7O2/c1-8-6-12-22(3)16(26)11(4-5-23(12)20-8)18-15(25)13-19-14-10(17)7-9(2)24(14)21-13/h6,9-11H,4-5,7H2,1-3H3,(H,18,25)/t9-,10-,11-/m0/s1. The van der Waals surface area contributed by atoms with Gasteiger partial charge in [0.15, 0.2) is 12.0 Å². The third kappa shape index (κ3) is 2.56. The van der Waals surface area contributed by atoms with Crippen LogP contribution in [0.1, 0.15) is 54.1 Å². The summed E-state index contributed by atoms with van der Waals surface area (Å²) in [5.41, 5.74) is 0.828. The molecule has 0 radical (unpaired) electrons. The lowest BCUT2D eigenvalue weighted by Crippen LogP contribution is -2.47. The van der Waals surface area contributed by atoms with Crippen LogP contribution >= 0.6 is 0 Å². The van der Waals surface area contributed by atoms with E-state index in [1.807, 2.05) is 19.9 Å². The molecule has 9 nitrogen and oxygen atoms in total. The molecule has 0 aliphatic carbocycles. The maximum Gasteiger partial charge on any atom is 0.291 e. The Morgan fingerprint density at radius 3 is 2.88 bits per heavy atom. The first-order chi connectivity index (χ1) is 12.3. The summed E-state index contributed by atoms with van der Waals surface area (Å²) < 4.78 is 17.1. The molecule has 0 unspecified atom stereocenters. The van der Waals surface area contributed by atoms with Crippen molar-refractivity contribution in [2.45, 2.75) is 51.5 Å². The summed E-state index contributed by atoms with van der Waals surface area (Å²) in [5.74, 6) is -0.0586. The fourth-order valence-electron chi connectivity index (χ4n) is 3.52. The molecule has 0 bridgehead atoms. The molecular weight excluding hydrogens is 341 g/mol. The van der Waals surface area contributed by atoms with Crippen LogP contribution in [0, 0.1) is 6.92 Å². The smallest absolute Gasteiger partial charge is 0.291 e. The van der Waals surface area contributed by atoms with E-state index in [9.17, 15) is 14.0 Å². The highest BCUT2D eigenvalue weighted by Crippen LogP contribution is 2.34. The van der Waals surface area contributed by atoms with Crippen LogP contribution in [0.25, 0.3) is 0 Å². The summed E-state index contributed by atoms with van der Waals surface area (Å²) in [7, 11) is 1.65. The van der Waals surface area contributed by atoms with Gasteiger partial charge in [0.1, 0.15) is 11.9 Å². The van der Waals surface area contributed by atoms with Gasteiger partial charge in [0.05, 0.1) is 11.7 Å². The molecule has 2 aliphatic heterocycles. The predicted octanol–water partition coefficient (Wildman–Crippen LogP) is 0.923. The predicted molar refractivity (Wildman–Crippen MR) is 89.4 cm³/mol. The summed E-state index contributed by atoms with van der Waals surface area (Å²) >= 11 is 0. The first-order valence-electron chi connectivity index (χ1n) is 8.58. The minimum atomic E-state index is -1.22. The van der Waals surface area contributed by atoms with Crippen molar-refractivity contribution in [2.75, 3.05) is 11.9 Å². The van der Waals surface area contributed by atoms with Crippen molar-refractivity contribution >= 4 is 17.6 Å².